The maximum absolute atomic E-state index is 6.17. The summed E-state index contributed by atoms with van der Waals surface area (Å²) in [6, 6.07) is 2.91. The van der Waals surface area contributed by atoms with Gasteiger partial charge in [0, 0.05) is 31.3 Å². The van der Waals surface area contributed by atoms with Gasteiger partial charge in [-0.05, 0) is 46.7 Å². The molecule has 1 heterocycles. The lowest BCUT2D eigenvalue weighted by molar-refractivity contribution is -0.0599. The van der Waals surface area contributed by atoms with Crippen LogP contribution in [0.1, 0.15) is 58.2 Å². The van der Waals surface area contributed by atoms with Crippen LogP contribution < -0.4 is 5.32 Å². The van der Waals surface area contributed by atoms with Crippen LogP contribution in [-0.2, 0) is 11.2 Å². The van der Waals surface area contributed by atoms with Gasteiger partial charge in [0.05, 0.1) is 11.3 Å². The summed E-state index contributed by atoms with van der Waals surface area (Å²) in [4.78, 5) is 0. The minimum atomic E-state index is 0.00507. The Kier molecular flexibility index (Phi) is 5.22. The molecular formula is C16H29N3O. The van der Waals surface area contributed by atoms with Crippen molar-refractivity contribution in [1.29, 1.82) is 0 Å². The Morgan fingerprint density at radius 3 is 2.60 bits per heavy atom. The molecule has 0 radical (unpaired) electrons. The quantitative estimate of drug-likeness (QED) is 0.834. The first-order valence-electron chi connectivity index (χ1n) is 7.96. The summed E-state index contributed by atoms with van der Waals surface area (Å²) >= 11 is 0. The van der Waals surface area contributed by atoms with Crippen molar-refractivity contribution in [3.8, 4) is 0 Å². The Labute approximate surface area is 122 Å². The summed E-state index contributed by atoms with van der Waals surface area (Å²) in [5.41, 5.74) is 1.16. The van der Waals surface area contributed by atoms with Crippen LogP contribution in [0.15, 0.2) is 12.3 Å². The summed E-state index contributed by atoms with van der Waals surface area (Å²) in [5.74, 6) is 0. The Hall–Kier alpha value is -0.870. The molecular weight excluding hydrogens is 250 g/mol. The molecule has 1 saturated carbocycles. The monoisotopic (exact) mass is 279 g/mol. The molecule has 2 rings (SSSR count). The molecule has 0 saturated heterocycles. The van der Waals surface area contributed by atoms with E-state index < -0.39 is 0 Å². The molecule has 1 fully saturated rings. The predicted molar refractivity (Wildman–Crippen MR) is 82.0 cm³/mol. The van der Waals surface area contributed by atoms with E-state index >= 15 is 0 Å². The lowest BCUT2D eigenvalue weighted by Gasteiger charge is -2.37. The second-order valence-corrected chi connectivity index (χ2v) is 6.13. The molecule has 0 aliphatic heterocycles. The van der Waals surface area contributed by atoms with Crippen molar-refractivity contribution >= 4 is 0 Å². The molecule has 1 aromatic heterocycles. The van der Waals surface area contributed by atoms with E-state index in [1.807, 2.05) is 11.7 Å². The predicted octanol–water partition coefficient (Wildman–Crippen LogP) is 2.94. The topological polar surface area (TPSA) is 39.1 Å². The van der Waals surface area contributed by atoms with Crippen LogP contribution in [-0.4, -0.2) is 35.1 Å². The van der Waals surface area contributed by atoms with Crippen LogP contribution in [0.4, 0.5) is 0 Å². The molecule has 1 aliphatic carbocycles. The van der Waals surface area contributed by atoms with Crippen molar-refractivity contribution in [3.05, 3.63) is 18.0 Å². The van der Waals surface area contributed by atoms with Gasteiger partial charge < -0.3 is 10.1 Å². The van der Waals surface area contributed by atoms with Crippen molar-refractivity contribution < 1.29 is 4.74 Å². The van der Waals surface area contributed by atoms with E-state index in [2.05, 4.69) is 43.4 Å². The van der Waals surface area contributed by atoms with Gasteiger partial charge >= 0.3 is 0 Å². The van der Waals surface area contributed by atoms with Gasteiger partial charge in [0.25, 0.3) is 0 Å². The number of rotatable bonds is 7. The van der Waals surface area contributed by atoms with E-state index in [0.717, 1.165) is 31.6 Å². The summed E-state index contributed by atoms with van der Waals surface area (Å²) in [7, 11) is 2.04. The molecule has 1 aromatic rings. The minimum Gasteiger partial charge on any atom is -0.374 e. The molecule has 1 aliphatic rings. The van der Waals surface area contributed by atoms with E-state index in [1.54, 1.807) is 0 Å². The number of nitrogens with zero attached hydrogens (tertiary/aromatic N) is 2. The van der Waals surface area contributed by atoms with Gasteiger partial charge in [-0.1, -0.05) is 12.8 Å². The van der Waals surface area contributed by atoms with Crippen LogP contribution >= 0.6 is 0 Å². The Morgan fingerprint density at radius 2 is 2.10 bits per heavy atom. The average Bonchev–Trinajstić information content (AvgIpc) is 3.06. The highest BCUT2D eigenvalue weighted by atomic mass is 16.5. The number of likely N-dealkylation sites (N-methyl/N-ethyl adjacent to an activating group) is 1. The van der Waals surface area contributed by atoms with E-state index in [-0.39, 0.29) is 5.60 Å². The van der Waals surface area contributed by atoms with Crippen LogP contribution in [0.5, 0.6) is 0 Å². The Balaban J connectivity index is 2.10. The zero-order valence-corrected chi connectivity index (χ0v) is 13.4. The van der Waals surface area contributed by atoms with E-state index in [1.165, 1.54) is 12.8 Å². The van der Waals surface area contributed by atoms with Gasteiger partial charge in [0.2, 0.25) is 0 Å². The summed E-state index contributed by atoms with van der Waals surface area (Å²) in [5, 5.41) is 8.16. The zero-order valence-electron chi connectivity index (χ0n) is 13.4. The maximum Gasteiger partial charge on any atom is 0.0838 e. The van der Waals surface area contributed by atoms with Gasteiger partial charge in [0.1, 0.15) is 0 Å². The number of ether oxygens (including phenoxy) is 1. The SMILES string of the molecule is CCOC1(C(Cc2ccn(C(C)C)n2)NC)CCCC1. The van der Waals surface area contributed by atoms with Crippen LogP contribution in [0, 0.1) is 0 Å². The number of nitrogens with one attached hydrogen (secondary N) is 1. The van der Waals surface area contributed by atoms with Crippen molar-refractivity contribution in [2.75, 3.05) is 13.7 Å². The molecule has 0 amide bonds. The highest BCUT2D eigenvalue weighted by Crippen LogP contribution is 2.37. The fraction of sp³-hybridized carbons (Fsp3) is 0.812. The summed E-state index contributed by atoms with van der Waals surface area (Å²) in [6.45, 7) is 7.20. The maximum atomic E-state index is 6.17. The third-order valence-corrected chi connectivity index (χ3v) is 4.47. The number of hydrogen-bond donors (Lipinski definition) is 1. The Bertz CT molecular complexity index is 408. The van der Waals surface area contributed by atoms with E-state index in [0.29, 0.717) is 12.1 Å². The first-order chi connectivity index (χ1) is 9.61. The van der Waals surface area contributed by atoms with Gasteiger partial charge in [-0.3, -0.25) is 4.68 Å². The average molecular weight is 279 g/mol. The van der Waals surface area contributed by atoms with Crippen molar-refractivity contribution in [2.24, 2.45) is 0 Å². The lowest BCUT2D eigenvalue weighted by atomic mass is 9.88. The first kappa shape index (κ1) is 15.5. The van der Waals surface area contributed by atoms with Gasteiger partial charge in [-0.2, -0.15) is 5.10 Å². The molecule has 1 unspecified atom stereocenters. The third-order valence-electron chi connectivity index (χ3n) is 4.47. The largest absolute Gasteiger partial charge is 0.374 e. The molecule has 20 heavy (non-hydrogen) atoms. The van der Waals surface area contributed by atoms with Crippen LogP contribution in [0.25, 0.3) is 0 Å². The molecule has 0 bridgehead atoms. The van der Waals surface area contributed by atoms with Gasteiger partial charge in [-0.25, -0.2) is 0 Å². The highest BCUT2D eigenvalue weighted by Gasteiger charge is 2.41. The summed E-state index contributed by atoms with van der Waals surface area (Å²) in [6.07, 6.45) is 7.90. The number of aromatic nitrogens is 2. The van der Waals surface area contributed by atoms with Gasteiger partial charge in [-0.15, -0.1) is 0 Å². The third kappa shape index (κ3) is 3.23. The van der Waals surface area contributed by atoms with E-state index in [4.69, 9.17) is 4.74 Å². The van der Waals surface area contributed by atoms with Crippen molar-refractivity contribution in [3.63, 3.8) is 0 Å². The standard InChI is InChI=1S/C16H29N3O/c1-5-20-16(9-6-7-10-16)15(17-4)12-14-8-11-19(18-14)13(2)3/h8,11,13,15,17H,5-7,9-10,12H2,1-4H3. The van der Waals surface area contributed by atoms with Gasteiger partial charge in [0.15, 0.2) is 0 Å². The molecule has 114 valence electrons. The zero-order chi connectivity index (χ0) is 14.6. The lowest BCUT2D eigenvalue weighted by Crippen LogP contribution is -2.51. The highest BCUT2D eigenvalue weighted by molar-refractivity contribution is 5.07. The molecule has 1 atom stereocenters. The minimum absolute atomic E-state index is 0.00507. The first-order valence-corrected chi connectivity index (χ1v) is 7.96. The molecule has 1 N–H and O–H groups in total. The Morgan fingerprint density at radius 1 is 1.40 bits per heavy atom. The molecule has 0 aromatic carbocycles. The second-order valence-electron chi connectivity index (χ2n) is 6.13. The van der Waals surface area contributed by atoms with Crippen LogP contribution in [0.3, 0.4) is 0 Å². The molecule has 4 nitrogen and oxygen atoms in total. The smallest absolute Gasteiger partial charge is 0.0838 e. The van der Waals surface area contributed by atoms with E-state index in [9.17, 15) is 0 Å². The number of hydrogen-bond acceptors (Lipinski definition) is 3. The normalized spacial score (nSPS) is 19.6. The molecule has 0 spiro atoms. The van der Waals surface area contributed by atoms with Crippen molar-refractivity contribution in [2.45, 2.75) is 70.6 Å². The summed E-state index contributed by atoms with van der Waals surface area (Å²) < 4.78 is 8.20. The second kappa shape index (κ2) is 6.72. The van der Waals surface area contributed by atoms with Crippen LogP contribution in [0.2, 0.25) is 0 Å². The fourth-order valence-electron chi connectivity index (χ4n) is 3.39. The molecule has 4 heteroatoms. The fourth-order valence-corrected chi connectivity index (χ4v) is 3.39. The van der Waals surface area contributed by atoms with Crippen molar-refractivity contribution in [1.82, 2.24) is 15.1 Å².